The number of amides is 1. The number of hydrogen-bond donors (Lipinski definition) is 1. The summed E-state index contributed by atoms with van der Waals surface area (Å²) in [6.45, 7) is 0.956. The Labute approximate surface area is 191 Å². The second-order valence-corrected chi connectivity index (χ2v) is 8.56. The Kier molecular flexibility index (Phi) is 6.89. The van der Waals surface area contributed by atoms with Crippen molar-refractivity contribution < 1.29 is 22.4 Å². The number of rotatable bonds is 6. The first-order chi connectivity index (χ1) is 15.8. The molecule has 1 fully saturated rings. The third-order valence-electron chi connectivity index (χ3n) is 5.04. The van der Waals surface area contributed by atoms with Crippen molar-refractivity contribution in [1.29, 1.82) is 0 Å². The molecule has 0 spiro atoms. The first-order valence-electron chi connectivity index (χ1n) is 10.1. The molecule has 1 saturated heterocycles. The Morgan fingerprint density at radius 1 is 1.09 bits per heavy atom. The lowest BCUT2D eigenvalue weighted by atomic mass is 10.1. The lowest BCUT2D eigenvalue weighted by Crippen LogP contribution is -2.40. The third-order valence-corrected chi connectivity index (χ3v) is 6.20. The van der Waals surface area contributed by atoms with Crippen LogP contribution >= 0.6 is 11.9 Å². The van der Waals surface area contributed by atoms with Crippen LogP contribution in [0.3, 0.4) is 0 Å². The monoisotopic (exact) mass is 477 g/mol. The fourth-order valence-corrected chi connectivity index (χ4v) is 4.49. The van der Waals surface area contributed by atoms with E-state index in [0.29, 0.717) is 23.1 Å². The van der Waals surface area contributed by atoms with E-state index in [4.69, 9.17) is 0 Å². The summed E-state index contributed by atoms with van der Waals surface area (Å²) in [5.41, 5.74) is 1.63. The highest BCUT2D eigenvalue weighted by molar-refractivity contribution is 7.97. The minimum atomic E-state index is -4.61. The second-order valence-electron chi connectivity index (χ2n) is 7.44. The summed E-state index contributed by atoms with van der Waals surface area (Å²) in [6.07, 6.45) is 2.24. The minimum absolute atomic E-state index is 0.134. The van der Waals surface area contributed by atoms with E-state index >= 15 is 0 Å². The van der Waals surface area contributed by atoms with Crippen LogP contribution in [0.1, 0.15) is 24.2 Å². The van der Waals surface area contributed by atoms with Crippen LogP contribution in [-0.2, 0) is 17.5 Å². The standard InChI is InChI=1S/C22H19F4N5OS/c23-17-3-5-18(6-4-17)33-31-7-1-2-19(31)20(32)28-10-14-8-15(11-27-9-14)16-12-29-21(30-13-16)22(24,25)26/h3-6,8-9,11-13,19H,1-2,7,10H2,(H,28,32). The number of aromatic nitrogens is 3. The van der Waals surface area contributed by atoms with Crippen molar-refractivity contribution >= 4 is 17.9 Å². The highest BCUT2D eigenvalue weighted by atomic mass is 32.2. The zero-order chi connectivity index (χ0) is 23.4. The molecule has 3 heterocycles. The lowest BCUT2D eigenvalue weighted by Gasteiger charge is -2.22. The molecule has 1 aliphatic heterocycles. The molecule has 3 aromatic rings. The summed E-state index contributed by atoms with van der Waals surface area (Å²) >= 11 is 1.42. The summed E-state index contributed by atoms with van der Waals surface area (Å²) < 4.78 is 53.1. The van der Waals surface area contributed by atoms with Crippen LogP contribution in [0.25, 0.3) is 11.1 Å². The number of pyridine rings is 1. The number of halogens is 4. The van der Waals surface area contributed by atoms with Gasteiger partial charge in [0.2, 0.25) is 11.7 Å². The number of alkyl halides is 3. The van der Waals surface area contributed by atoms with Gasteiger partial charge in [0.1, 0.15) is 5.82 Å². The average molecular weight is 477 g/mol. The van der Waals surface area contributed by atoms with Crippen molar-refractivity contribution in [3.63, 3.8) is 0 Å². The van der Waals surface area contributed by atoms with Crippen molar-refractivity contribution in [1.82, 2.24) is 24.6 Å². The predicted octanol–water partition coefficient (Wildman–Crippen LogP) is 4.48. The van der Waals surface area contributed by atoms with Gasteiger partial charge in [-0.1, -0.05) is 0 Å². The van der Waals surface area contributed by atoms with E-state index in [-0.39, 0.29) is 24.3 Å². The maximum atomic E-state index is 13.1. The topological polar surface area (TPSA) is 71.0 Å². The number of carbonyl (C=O) groups is 1. The minimum Gasteiger partial charge on any atom is -0.351 e. The van der Waals surface area contributed by atoms with Crippen LogP contribution in [0.4, 0.5) is 17.6 Å². The van der Waals surface area contributed by atoms with E-state index in [2.05, 4.69) is 20.3 Å². The summed E-state index contributed by atoms with van der Waals surface area (Å²) in [4.78, 5) is 24.5. The second kappa shape index (κ2) is 9.84. The van der Waals surface area contributed by atoms with Crippen molar-refractivity contribution in [2.45, 2.75) is 36.5 Å². The highest BCUT2D eigenvalue weighted by Crippen LogP contribution is 2.31. The Hall–Kier alpha value is -3.05. The largest absolute Gasteiger partial charge is 0.451 e. The zero-order valence-electron chi connectivity index (χ0n) is 17.2. The number of carbonyl (C=O) groups excluding carboxylic acids is 1. The Bertz CT molecular complexity index is 1110. The molecule has 0 saturated carbocycles. The molecule has 0 aliphatic carbocycles. The molecule has 1 aromatic carbocycles. The molecule has 1 N–H and O–H groups in total. The molecular formula is C22H19F4N5OS. The van der Waals surface area contributed by atoms with Gasteiger partial charge in [-0.15, -0.1) is 0 Å². The van der Waals surface area contributed by atoms with E-state index in [9.17, 15) is 22.4 Å². The molecular weight excluding hydrogens is 458 g/mol. The van der Waals surface area contributed by atoms with Gasteiger partial charge in [-0.25, -0.2) is 18.7 Å². The van der Waals surface area contributed by atoms with E-state index in [0.717, 1.165) is 30.3 Å². The normalized spacial score (nSPS) is 16.7. The summed E-state index contributed by atoms with van der Waals surface area (Å²) in [6, 6.07) is 7.52. The number of nitrogens with one attached hydrogen (secondary N) is 1. The molecule has 1 amide bonds. The average Bonchev–Trinajstić information content (AvgIpc) is 3.27. The van der Waals surface area contributed by atoms with Gasteiger partial charge in [0.05, 0.1) is 6.04 Å². The molecule has 1 unspecified atom stereocenters. The zero-order valence-corrected chi connectivity index (χ0v) is 18.0. The van der Waals surface area contributed by atoms with E-state index < -0.39 is 12.0 Å². The van der Waals surface area contributed by atoms with E-state index in [1.54, 1.807) is 24.4 Å². The molecule has 0 bridgehead atoms. The van der Waals surface area contributed by atoms with Gasteiger partial charge in [-0.2, -0.15) is 13.2 Å². The van der Waals surface area contributed by atoms with E-state index in [1.807, 2.05) is 4.31 Å². The van der Waals surface area contributed by atoms with Crippen LogP contribution in [0.15, 0.2) is 60.0 Å². The quantitative estimate of drug-likeness (QED) is 0.417. The van der Waals surface area contributed by atoms with E-state index in [1.165, 1.54) is 30.3 Å². The van der Waals surface area contributed by atoms with Crippen LogP contribution in [0.2, 0.25) is 0 Å². The molecule has 1 aliphatic rings. The molecule has 33 heavy (non-hydrogen) atoms. The van der Waals surface area contributed by atoms with Crippen LogP contribution < -0.4 is 5.32 Å². The molecule has 0 radical (unpaired) electrons. The molecule has 6 nitrogen and oxygen atoms in total. The molecule has 11 heteroatoms. The summed E-state index contributed by atoms with van der Waals surface area (Å²) in [5, 5.41) is 2.90. The van der Waals surface area contributed by atoms with Crippen molar-refractivity contribution in [2.24, 2.45) is 0 Å². The fourth-order valence-electron chi connectivity index (χ4n) is 3.41. The Morgan fingerprint density at radius 3 is 2.52 bits per heavy atom. The lowest BCUT2D eigenvalue weighted by molar-refractivity contribution is -0.145. The number of benzene rings is 1. The maximum absolute atomic E-state index is 13.1. The van der Waals surface area contributed by atoms with Crippen LogP contribution in [0, 0.1) is 5.82 Å². The summed E-state index contributed by atoms with van der Waals surface area (Å²) in [5.74, 6) is -1.65. The molecule has 1 atom stereocenters. The first kappa shape index (κ1) is 23.1. The van der Waals surface area contributed by atoms with Gasteiger partial charge < -0.3 is 5.32 Å². The highest BCUT2D eigenvalue weighted by Gasteiger charge is 2.34. The molecule has 172 valence electrons. The van der Waals surface area contributed by atoms with Gasteiger partial charge in [0, 0.05) is 53.9 Å². The Balaban J connectivity index is 1.37. The van der Waals surface area contributed by atoms with Gasteiger partial charge in [0.15, 0.2) is 0 Å². The van der Waals surface area contributed by atoms with Crippen molar-refractivity contribution in [2.75, 3.05) is 6.54 Å². The number of nitrogens with zero attached hydrogens (tertiary/aromatic N) is 4. The third kappa shape index (κ3) is 5.85. The van der Waals surface area contributed by atoms with Gasteiger partial charge >= 0.3 is 6.18 Å². The first-order valence-corrected chi connectivity index (χ1v) is 10.9. The van der Waals surface area contributed by atoms with Crippen LogP contribution in [0.5, 0.6) is 0 Å². The van der Waals surface area contributed by atoms with Crippen molar-refractivity contribution in [3.05, 3.63) is 72.3 Å². The Morgan fingerprint density at radius 2 is 1.82 bits per heavy atom. The maximum Gasteiger partial charge on any atom is 0.451 e. The SMILES string of the molecule is O=C(NCc1cncc(-c2cnc(C(F)(F)F)nc2)c1)C1CCCN1Sc1ccc(F)cc1. The van der Waals surface area contributed by atoms with Crippen LogP contribution in [-0.4, -0.2) is 37.8 Å². The molecule has 4 rings (SSSR count). The molecule has 2 aromatic heterocycles. The van der Waals surface area contributed by atoms with Crippen molar-refractivity contribution in [3.8, 4) is 11.1 Å². The predicted molar refractivity (Wildman–Crippen MR) is 114 cm³/mol. The smallest absolute Gasteiger partial charge is 0.351 e. The van der Waals surface area contributed by atoms with Gasteiger partial charge in [-0.3, -0.25) is 9.78 Å². The summed E-state index contributed by atoms with van der Waals surface area (Å²) in [7, 11) is 0. The van der Waals surface area contributed by atoms with Gasteiger partial charge in [0.25, 0.3) is 0 Å². The fraction of sp³-hybridized carbons (Fsp3) is 0.273. The number of hydrogen-bond acceptors (Lipinski definition) is 6. The van der Waals surface area contributed by atoms with Gasteiger partial charge in [-0.05, 0) is 60.7 Å².